The number of rotatable bonds is 2. The fourth-order valence-corrected chi connectivity index (χ4v) is 1.42. The molecule has 2 unspecified atom stereocenters. The lowest BCUT2D eigenvalue weighted by Gasteiger charge is -2.37. The van der Waals surface area contributed by atoms with Crippen molar-refractivity contribution in [3.8, 4) is 12.3 Å². The molecule has 3 heteroatoms. The summed E-state index contributed by atoms with van der Waals surface area (Å²) in [6.07, 6.45) is 5.75. The molecular formula is C9H14O3. The average Bonchev–Trinajstić information content (AvgIpc) is 2.05. The number of aliphatic hydroxyl groups is 1. The molecule has 0 amide bonds. The second kappa shape index (κ2) is 3.90. The molecule has 2 atom stereocenters. The minimum Gasteiger partial charge on any atom is -0.386 e. The molecule has 1 N–H and O–H groups in total. The van der Waals surface area contributed by atoms with Crippen molar-refractivity contribution in [1.29, 1.82) is 0 Å². The van der Waals surface area contributed by atoms with Gasteiger partial charge in [0, 0.05) is 26.6 Å². The first-order chi connectivity index (χ1) is 5.73. The SMILES string of the molecule is C#CCC1(O)CCOCC1OC. The highest BCUT2D eigenvalue weighted by Gasteiger charge is 2.39. The Hall–Kier alpha value is -0.560. The molecule has 12 heavy (non-hydrogen) atoms. The van der Waals surface area contributed by atoms with Crippen LogP contribution in [0.3, 0.4) is 0 Å². The normalized spacial score (nSPS) is 35.9. The zero-order valence-corrected chi connectivity index (χ0v) is 7.25. The summed E-state index contributed by atoms with van der Waals surface area (Å²) in [4.78, 5) is 0. The zero-order valence-electron chi connectivity index (χ0n) is 7.25. The molecule has 0 aromatic rings. The summed E-state index contributed by atoms with van der Waals surface area (Å²) >= 11 is 0. The maximum atomic E-state index is 9.98. The summed E-state index contributed by atoms with van der Waals surface area (Å²) in [6, 6.07) is 0. The van der Waals surface area contributed by atoms with Gasteiger partial charge in [-0.25, -0.2) is 0 Å². The first kappa shape index (κ1) is 9.53. The summed E-state index contributed by atoms with van der Waals surface area (Å²) in [5, 5.41) is 9.98. The number of ether oxygens (including phenoxy) is 2. The van der Waals surface area contributed by atoms with Crippen LogP contribution >= 0.6 is 0 Å². The van der Waals surface area contributed by atoms with Crippen LogP contribution < -0.4 is 0 Å². The molecular weight excluding hydrogens is 156 g/mol. The Morgan fingerprint density at radius 3 is 3.17 bits per heavy atom. The molecule has 1 aliphatic rings. The van der Waals surface area contributed by atoms with Crippen LogP contribution in [-0.4, -0.2) is 37.1 Å². The molecule has 1 aliphatic heterocycles. The van der Waals surface area contributed by atoms with E-state index in [9.17, 15) is 5.11 Å². The molecule has 1 rings (SSSR count). The van der Waals surface area contributed by atoms with Crippen molar-refractivity contribution in [2.24, 2.45) is 0 Å². The molecule has 0 aromatic carbocycles. The van der Waals surface area contributed by atoms with Crippen molar-refractivity contribution in [3.63, 3.8) is 0 Å². The molecule has 0 aliphatic carbocycles. The topological polar surface area (TPSA) is 38.7 Å². The van der Waals surface area contributed by atoms with Crippen molar-refractivity contribution >= 4 is 0 Å². The Morgan fingerprint density at radius 2 is 2.58 bits per heavy atom. The van der Waals surface area contributed by atoms with Gasteiger partial charge in [0.05, 0.1) is 6.61 Å². The van der Waals surface area contributed by atoms with E-state index in [0.717, 1.165) is 0 Å². The van der Waals surface area contributed by atoms with E-state index in [1.807, 2.05) is 0 Å². The Balaban J connectivity index is 2.63. The smallest absolute Gasteiger partial charge is 0.110 e. The number of methoxy groups -OCH3 is 1. The third kappa shape index (κ3) is 1.78. The van der Waals surface area contributed by atoms with Crippen molar-refractivity contribution < 1.29 is 14.6 Å². The first-order valence-electron chi connectivity index (χ1n) is 3.99. The summed E-state index contributed by atoms with van der Waals surface area (Å²) < 4.78 is 10.2. The largest absolute Gasteiger partial charge is 0.386 e. The maximum Gasteiger partial charge on any atom is 0.110 e. The second-order valence-corrected chi connectivity index (χ2v) is 3.03. The molecule has 0 bridgehead atoms. The van der Waals surface area contributed by atoms with Gasteiger partial charge in [0.1, 0.15) is 11.7 Å². The third-order valence-corrected chi connectivity index (χ3v) is 2.24. The second-order valence-electron chi connectivity index (χ2n) is 3.03. The third-order valence-electron chi connectivity index (χ3n) is 2.24. The van der Waals surface area contributed by atoms with Gasteiger partial charge in [-0.1, -0.05) is 0 Å². The van der Waals surface area contributed by atoms with Gasteiger partial charge < -0.3 is 14.6 Å². The van der Waals surface area contributed by atoms with Gasteiger partial charge in [0.15, 0.2) is 0 Å². The predicted octanol–water partition coefficient (Wildman–Crippen LogP) is 0.176. The van der Waals surface area contributed by atoms with Gasteiger partial charge in [-0.2, -0.15) is 0 Å². The quantitative estimate of drug-likeness (QED) is 0.601. The average molecular weight is 170 g/mol. The van der Waals surface area contributed by atoms with Crippen LogP contribution in [0.5, 0.6) is 0 Å². The van der Waals surface area contributed by atoms with Gasteiger partial charge in [0.2, 0.25) is 0 Å². The van der Waals surface area contributed by atoms with Gasteiger partial charge in [-0.3, -0.25) is 0 Å². The number of terminal acetylenes is 1. The van der Waals surface area contributed by atoms with Crippen LogP contribution in [0.1, 0.15) is 12.8 Å². The fraction of sp³-hybridized carbons (Fsp3) is 0.778. The fourth-order valence-electron chi connectivity index (χ4n) is 1.42. The van der Waals surface area contributed by atoms with E-state index in [-0.39, 0.29) is 6.10 Å². The predicted molar refractivity (Wildman–Crippen MR) is 44.6 cm³/mol. The Labute approximate surface area is 72.7 Å². The molecule has 0 aromatic heterocycles. The molecule has 0 spiro atoms. The van der Waals surface area contributed by atoms with Crippen LogP contribution in [0.25, 0.3) is 0 Å². The van der Waals surface area contributed by atoms with Gasteiger partial charge in [0.25, 0.3) is 0 Å². The summed E-state index contributed by atoms with van der Waals surface area (Å²) in [5.74, 6) is 2.46. The number of hydrogen-bond donors (Lipinski definition) is 1. The lowest BCUT2D eigenvalue weighted by molar-refractivity contribution is -0.162. The molecule has 0 saturated carbocycles. The van der Waals surface area contributed by atoms with Crippen LogP contribution in [0, 0.1) is 12.3 Å². The van der Waals surface area contributed by atoms with E-state index in [2.05, 4.69) is 5.92 Å². The molecule has 68 valence electrons. The summed E-state index contributed by atoms with van der Waals surface area (Å²) in [6.45, 7) is 0.979. The van der Waals surface area contributed by atoms with Crippen molar-refractivity contribution in [2.45, 2.75) is 24.5 Å². The van der Waals surface area contributed by atoms with E-state index in [1.54, 1.807) is 7.11 Å². The summed E-state index contributed by atoms with van der Waals surface area (Å²) in [5.41, 5.74) is -0.887. The molecule has 0 radical (unpaired) electrons. The Bertz CT molecular complexity index is 185. The zero-order chi connectivity index (χ0) is 9.03. The van der Waals surface area contributed by atoms with Gasteiger partial charge in [-0.05, 0) is 0 Å². The minimum absolute atomic E-state index is 0.290. The molecule has 1 heterocycles. The lowest BCUT2D eigenvalue weighted by Crippen LogP contribution is -2.50. The minimum atomic E-state index is -0.887. The van der Waals surface area contributed by atoms with E-state index in [1.165, 1.54) is 0 Å². The van der Waals surface area contributed by atoms with Crippen LogP contribution in [0.2, 0.25) is 0 Å². The van der Waals surface area contributed by atoms with Crippen molar-refractivity contribution in [1.82, 2.24) is 0 Å². The summed E-state index contributed by atoms with van der Waals surface area (Å²) in [7, 11) is 1.56. The van der Waals surface area contributed by atoms with Crippen LogP contribution in [0.15, 0.2) is 0 Å². The lowest BCUT2D eigenvalue weighted by atomic mass is 9.88. The van der Waals surface area contributed by atoms with Gasteiger partial charge >= 0.3 is 0 Å². The monoisotopic (exact) mass is 170 g/mol. The highest BCUT2D eigenvalue weighted by molar-refractivity contribution is 5.00. The van der Waals surface area contributed by atoms with E-state index >= 15 is 0 Å². The van der Waals surface area contributed by atoms with E-state index in [4.69, 9.17) is 15.9 Å². The van der Waals surface area contributed by atoms with Crippen molar-refractivity contribution in [3.05, 3.63) is 0 Å². The Kier molecular flexibility index (Phi) is 3.10. The van der Waals surface area contributed by atoms with Crippen molar-refractivity contribution in [2.75, 3.05) is 20.3 Å². The van der Waals surface area contributed by atoms with Gasteiger partial charge in [-0.15, -0.1) is 12.3 Å². The van der Waals surface area contributed by atoms with E-state index < -0.39 is 5.60 Å². The van der Waals surface area contributed by atoms with E-state index in [0.29, 0.717) is 26.1 Å². The molecule has 1 fully saturated rings. The maximum absolute atomic E-state index is 9.98. The Morgan fingerprint density at radius 1 is 1.83 bits per heavy atom. The molecule has 3 nitrogen and oxygen atoms in total. The highest BCUT2D eigenvalue weighted by Crippen LogP contribution is 2.25. The highest BCUT2D eigenvalue weighted by atomic mass is 16.5. The number of hydrogen-bond acceptors (Lipinski definition) is 3. The van der Waals surface area contributed by atoms with Crippen LogP contribution in [-0.2, 0) is 9.47 Å². The first-order valence-corrected chi connectivity index (χ1v) is 3.99. The standard InChI is InChI=1S/C9H14O3/c1-3-4-9(10)5-6-12-7-8(9)11-2/h1,8,10H,4-7H2,2H3. The van der Waals surface area contributed by atoms with Crippen LogP contribution in [0.4, 0.5) is 0 Å². The molecule has 1 saturated heterocycles.